The highest BCUT2D eigenvalue weighted by atomic mass is 19.3. The molecule has 0 saturated carbocycles. The quantitative estimate of drug-likeness (QED) is 0.758. The minimum absolute atomic E-state index is 0.0995. The predicted molar refractivity (Wildman–Crippen MR) is 42.9 cm³/mol. The Morgan fingerprint density at radius 2 is 2.31 bits per heavy atom. The van der Waals surface area contributed by atoms with Crippen molar-refractivity contribution in [3.05, 3.63) is 23.5 Å². The first kappa shape index (κ1) is 9.39. The minimum atomic E-state index is -2.66. The number of anilines is 1. The Morgan fingerprint density at radius 1 is 1.62 bits per heavy atom. The van der Waals surface area contributed by atoms with Gasteiger partial charge in [-0.05, 0) is 11.6 Å². The molecule has 0 aromatic carbocycles. The van der Waals surface area contributed by atoms with Gasteiger partial charge in [0.1, 0.15) is 5.69 Å². The van der Waals surface area contributed by atoms with Crippen molar-refractivity contribution in [2.45, 2.75) is 12.8 Å². The third-order valence-electron chi connectivity index (χ3n) is 1.50. The third kappa shape index (κ3) is 2.12. The van der Waals surface area contributed by atoms with E-state index < -0.39 is 6.43 Å². The fourth-order valence-corrected chi connectivity index (χ4v) is 0.963. The summed E-state index contributed by atoms with van der Waals surface area (Å²) in [5.41, 5.74) is 5.45. The molecule has 2 N–H and O–H groups in total. The van der Waals surface area contributed by atoms with Crippen molar-refractivity contribution in [2.75, 3.05) is 5.73 Å². The molecular weight excluding hydrogens is 176 g/mol. The lowest BCUT2D eigenvalue weighted by molar-refractivity contribution is 0.145. The average molecular weight is 183 g/mol. The zero-order valence-corrected chi connectivity index (χ0v) is 6.67. The van der Waals surface area contributed by atoms with E-state index in [0.29, 0.717) is 0 Å². The first-order valence-electron chi connectivity index (χ1n) is 3.54. The zero-order valence-electron chi connectivity index (χ0n) is 6.67. The number of aromatic nitrogens is 1. The van der Waals surface area contributed by atoms with Crippen LogP contribution in [-0.4, -0.2) is 4.98 Å². The highest BCUT2D eigenvalue weighted by Crippen LogP contribution is 2.22. The molecule has 0 bridgehead atoms. The second kappa shape index (κ2) is 3.81. The second-order valence-electron chi connectivity index (χ2n) is 2.45. The molecule has 0 unspecified atom stereocenters. The van der Waals surface area contributed by atoms with Gasteiger partial charge in [-0.25, -0.2) is 8.78 Å². The van der Waals surface area contributed by atoms with Gasteiger partial charge in [0.05, 0.1) is 24.4 Å². The van der Waals surface area contributed by atoms with Crippen molar-refractivity contribution in [2.24, 2.45) is 0 Å². The number of rotatable bonds is 2. The van der Waals surface area contributed by atoms with E-state index in [4.69, 9.17) is 11.0 Å². The third-order valence-corrected chi connectivity index (χ3v) is 1.50. The number of nitrogen functional groups attached to an aromatic ring is 1. The van der Waals surface area contributed by atoms with E-state index in [9.17, 15) is 8.78 Å². The smallest absolute Gasteiger partial charge is 0.280 e. The summed E-state index contributed by atoms with van der Waals surface area (Å²) in [4.78, 5) is 3.47. The predicted octanol–water partition coefficient (Wildman–Crippen LogP) is 1.67. The van der Waals surface area contributed by atoms with Gasteiger partial charge < -0.3 is 5.73 Å². The van der Waals surface area contributed by atoms with E-state index in [1.54, 1.807) is 6.07 Å². The van der Waals surface area contributed by atoms with Crippen molar-refractivity contribution < 1.29 is 8.78 Å². The molecule has 5 heteroatoms. The molecule has 68 valence electrons. The van der Waals surface area contributed by atoms with Crippen molar-refractivity contribution in [3.8, 4) is 6.07 Å². The van der Waals surface area contributed by atoms with Gasteiger partial charge in [0.25, 0.3) is 6.43 Å². The van der Waals surface area contributed by atoms with Crippen LogP contribution < -0.4 is 5.73 Å². The van der Waals surface area contributed by atoms with Crippen molar-refractivity contribution in [1.82, 2.24) is 4.98 Å². The Kier molecular flexibility index (Phi) is 2.75. The van der Waals surface area contributed by atoms with Crippen LogP contribution >= 0.6 is 0 Å². The molecule has 0 aliphatic heterocycles. The second-order valence-corrected chi connectivity index (χ2v) is 2.45. The van der Waals surface area contributed by atoms with Gasteiger partial charge in [-0.2, -0.15) is 5.26 Å². The first-order chi connectivity index (χ1) is 6.15. The van der Waals surface area contributed by atoms with Crippen LogP contribution in [0.3, 0.4) is 0 Å². The SMILES string of the molecule is N#CCc1cc(N)cnc1C(F)F. The minimum Gasteiger partial charge on any atom is -0.397 e. The van der Waals surface area contributed by atoms with Gasteiger partial charge in [-0.1, -0.05) is 0 Å². The lowest BCUT2D eigenvalue weighted by atomic mass is 10.1. The molecule has 0 saturated heterocycles. The van der Waals surface area contributed by atoms with E-state index in [0.717, 1.165) is 6.20 Å². The molecule has 0 aliphatic carbocycles. The fraction of sp³-hybridized carbons (Fsp3) is 0.250. The summed E-state index contributed by atoms with van der Waals surface area (Å²) in [5, 5.41) is 8.35. The van der Waals surface area contributed by atoms with Gasteiger partial charge in [0.2, 0.25) is 0 Å². The summed E-state index contributed by atoms with van der Waals surface area (Å²) in [6.07, 6.45) is -1.61. The highest BCUT2D eigenvalue weighted by molar-refractivity contribution is 5.41. The van der Waals surface area contributed by atoms with E-state index >= 15 is 0 Å². The van der Waals surface area contributed by atoms with E-state index in [-0.39, 0.29) is 23.4 Å². The summed E-state index contributed by atoms with van der Waals surface area (Å²) in [5.74, 6) is 0. The molecule has 0 radical (unpaired) electrons. The molecule has 1 rings (SSSR count). The van der Waals surface area contributed by atoms with Gasteiger partial charge in [-0.15, -0.1) is 0 Å². The largest absolute Gasteiger partial charge is 0.397 e. The number of nitriles is 1. The monoisotopic (exact) mass is 183 g/mol. The van der Waals surface area contributed by atoms with Crippen LogP contribution in [0.25, 0.3) is 0 Å². The van der Waals surface area contributed by atoms with Gasteiger partial charge >= 0.3 is 0 Å². The summed E-state index contributed by atoms with van der Waals surface area (Å²) in [7, 11) is 0. The molecule has 1 aromatic heterocycles. The van der Waals surface area contributed by atoms with Crippen LogP contribution in [0.4, 0.5) is 14.5 Å². The number of nitrogens with two attached hydrogens (primary N) is 1. The molecule has 3 nitrogen and oxygen atoms in total. The molecular formula is C8H7F2N3. The Labute approximate surface area is 73.8 Å². The molecule has 0 aliphatic rings. The van der Waals surface area contributed by atoms with Crippen LogP contribution in [0.1, 0.15) is 17.7 Å². The maximum Gasteiger partial charge on any atom is 0.280 e. The first-order valence-corrected chi connectivity index (χ1v) is 3.54. The summed E-state index contributed by atoms with van der Waals surface area (Å²) < 4.78 is 24.5. The number of nitrogens with zero attached hydrogens (tertiary/aromatic N) is 2. The molecule has 1 heterocycles. The molecule has 1 aromatic rings. The number of halogens is 2. The van der Waals surface area contributed by atoms with Crippen LogP contribution in [0.15, 0.2) is 12.3 Å². The molecule has 0 spiro atoms. The Balaban J connectivity index is 3.12. The Morgan fingerprint density at radius 3 is 2.85 bits per heavy atom. The molecule has 0 fully saturated rings. The van der Waals surface area contributed by atoms with Gasteiger partial charge in [0.15, 0.2) is 0 Å². The van der Waals surface area contributed by atoms with Crippen LogP contribution in [-0.2, 0) is 6.42 Å². The molecule has 13 heavy (non-hydrogen) atoms. The maximum atomic E-state index is 12.3. The van der Waals surface area contributed by atoms with Crippen molar-refractivity contribution >= 4 is 5.69 Å². The number of alkyl halides is 2. The van der Waals surface area contributed by atoms with Crippen molar-refractivity contribution in [3.63, 3.8) is 0 Å². The van der Waals surface area contributed by atoms with E-state index in [2.05, 4.69) is 4.98 Å². The maximum absolute atomic E-state index is 12.3. The molecule has 0 atom stereocenters. The fourth-order valence-electron chi connectivity index (χ4n) is 0.963. The Bertz CT molecular complexity index is 344. The lowest BCUT2D eigenvalue weighted by Crippen LogP contribution is -1.99. The topological polar surface area (TPSA) is 62.7 Å². The summed E-state index contributed by atoms with van der Waals surface area (Å²) in [6.45, 7) is 0. The van der Waals surface area contributed by atoms with Gasteiger partial charge in [-0.3, -0.25) is 4.98 Å². The number of hydrogen-bond acceptors (Lipinski definition) is 3. The average Bonchev–Trinajstić information content (AvgIpc) is 2.04. The standard InChI is InChI=1S/C8H7F2N3/c9-8(10)7-5(1-2-11)3-6(12)4-13-7/h3-4,8H,1,12H2. The number of hydrogen-bond donors (Lipinski definition) is 1. The van der Waals surface area contributed by atoms with Gasteiger partial charge in [0, 0.05) is 0 Å². The van der Waals surface area contributed by atoms with E-state index in [1.807, 2.05) is 0 Å². The van der Waals surface area contributed by atoms with E-state index in [1.165, 1.54) is 6.07 Å². The normalized spacial score (nSPS) is 10.0. The lowest BCUT2D eigenvalue weighted by Gasteiger charge is -2.04. The molecule has 0 amide bonds. The van der Waals surface area contributed by atoms with Crippen LogP contribution in [0.2, 0.25) is 0 Å². The Hall–Kier alpha value is -1.70. The van der Waals surface area contributed by atoms with Crippen LogP contribution in [0, 0.1) is 11.3 Å². The summed E-state index contributed by atoms with van der Waals surface area (Å²) in [6, 6.07) is 3.12. The van der Waals surface area contributed by atoms with Crippen molar-refractivity contribution in [1.29, 1.82) is 5.26 Å². The highest BCUT2D eigenvalue weighted by Gasteiger charge is 2.14. The zero-order chi connectivity index (χ0) is 9.84. The van der Waals surface area contributed by atoms with Crippen LogP contribution in [0.5, 0.6) is 0 Å². The number of pyridine rings is 1. The summed E-state index contributed by atoms with van der Waals surface area (Å²) >= 11 is 0.